The van der Waals surface area contributed by atoms with Crippen LogP contribution in [0, 0.1) is 0 Å². The van der Waals surface area contributed by atoms with Gasteiger partial charge in [-0.05, 0) is 61.7 Å². The Morgan fingerprint density at radius 2 is 1.62 bits per heavy atom. The number of benzene rings is 2. The smallest absolute Gasteiger partial charge is 0.261 e. The Morgan fingerprint density at radius 3 is 2.15 bits per heavy atom. The molecule has 0 bridgehead atoms. The van der Waals surface area contributed by atoms with Crippen LogP contribution >= 0.6 is 0 Å². The second kappa shape index (κ2) is 7.47. The van der Waals surface area contributed by atoms with Crippen LogP contribution in [-0.2, 0) is 10.0 Å². The van der Waals surface area contributed by atoms with Crippen molar-refractivity contribution in [1.82, 2.24) is 4.90 Å². The standard InChI is InChI=1S/C19H22N2O4S/c1-14(22)15-6-10-18(11-7-15)26(24,25)20-17-8-4-16(5-9-17)19(23)21-12-2-3-13-21/h4-11,14,20,22H,2-3,12-13H2,1H3/t14-/m0/s1. The molecule has 3 rings (SSSR count). The first-order valence-electron chi connectivity index (χ1n) is 8.57. The van der Waals surface area contributed by atoms with Gasteiger partial charge in [0.05, 0.1) is 11.0 Å². The number of hydrogen-bond donors (Lipinski definition) is 2. The molecule has 0 aliphatic carbocycles. The zero-order chi connectivity index (χ0) is 18.7. The predicted octanol–water partition coefficient (Wildman–Crippen LogP) is 2.78. The van der Waals surface area contributed by atoms with E-state index in [1.54, 1.807) is 43.3 Å². The molecule has 2 N–H and O–H groups in total. The van der Waals surface area contributed by atoms with Crippen LogP contribution in [-0.4, -0.2) is 37.4 Å². The number of aliphatic hydroxyl groups is 1. The highest BCUT2D eigenvalue weighted by Crippen LogP contribution is 2.20. The lowest BCUT2D eigenvalue weighted by molar-refractivity contribution is 0.0793. The Kier molecular flexibility index (Phi) is 5.29. The first-order valence-corrected chi connectivity index (χ1v) is 10.1. The Bertz CT molecular complexity index is 869. The summed E-state index contributed by atoms with van der Waals surface area (Å²) in [5, 5.41) is 9.51. The van der Waals surface area contributed by atoms with E-state index in [2.05, 4.69) is 4.72 Å². The van der Waals surface area contributed by atoms with E-state index in [1.165, 1.54) is 12.1 Å². The summed E-state index contributed by atoms with van der Waals surface area (Å²) in [5.74, 6) is -0.0226. The lowest BCUT2D eigenvalue weighted by atomic mass is 10.1. The molecule has 1 amide bonds. The summed E-state index contributed by atoms with van der Waals surface area (Å²) in [6.45, 7) is 3.16. The zero-order valence-corrected chi connectivity index (χ0v) is 15.4. The van der Waals surface area contributed by atoms with Gasteiger partial charge in [0, 0.05) is 24.3 Å². The fourth-order valence-electron chi connectivity index (χ4n) is 2.92. The van der Waals surface area contributed by atoms with E-state index >= 15 is 0 Å². The van der Waals surface area contributed by atoms with Gasteiger partial charge in [0.1, 0.15) is 0 Å². The number of anilines is 1. The van der Waals surface area contributed by atoms with Gasteiger partial charge in [-0.25, -0.2) is 8.42 Å². The molecule has 1 aliphatic heterocycles. The van der Waals surface area contributed by atoms with Crippen LogP contribution in [0.15, 0.2) is 53.4 Å². The average molecular weight is 374 g/mol. The molecular weight excluding hydrogens is 352 g/mol. The minimum absolute atomic E-state index is 0.0226. The molecule has 0 saturated carbocycles. The molecule has 1 heterocycles. The SMILES string of the molecule is C[C@H](O)c1ccc(S(=O)(=O)Nc2ccc(C(=O)N3CCCC3)cc2)cc1. The molecule has 7 heteroatoms. The van der Waals surface area contributed by atoms with E-state index < -0.39 is 16.1 Å². The highest BCUT2D eigenvalue weighted by Gasteiger charge is 2.20. The van der Waals surface area contributed by atoms with Crippen molar-refractivity contribution in [2.24, 2.45) is 0 Å². The van der Waals surface area contributed by atoms with Gasteiger partial charge in [-0.15, -0.1) is 0 Å². The van der Waals surface area contributed by atoms with Crippen LogP contribution in [0.3, 0.4) is 0 Å². The predicted molar refractivity (Wildman–Crippen MR) is 99.5 cm³/mol. The summed E-state index contributed by atoms with van der Waals surface area (Å²) in [7, 11) is -3.73. The summed E-state index contributed by atoms with van der Waals surface area (Å²) in [4.78, 5) is 14.2. The first kappa shape index (κ1) is 18.4. The number of sulfonamides is 1. The van der Waals surface area contributed by atoms with Gasteiger partial charge in [-0.3, -0.25) is 9.52 Å². The Balaban J connectivity index is 1.72. The van der Waals surface area contributed by atoms with Gasteiger partial charge in [-0.1, -0.05) is 12.1 Å². The largest absolute Gasteiger partial charge is 0.389 e. The van der Waals surface area contributed by atoms with Crippen molar-refractivity contribution in [2.45, 2.75) is 30.8 Å². The Morgan fingerprint density at radius 1 is 1.04 bits per heavy atom. The third-order valence-corrected chi connectivity index (χ3v) is 5.85. The quantitative estimate of drug-likeness (QED) is 0.842. The maximum Gasteiger partial charge on any atom is 0.261 e. The summed E-state index contributed by atoms with van der Waals surface area (Å²) >= 11 is 0. The van der Waals surface area contributed by atoms with Crippen LogP contribution in [0.2, 0.25) is 0 Å². The van der Waals surface area contributed by atoms with Crippen molar-refractivity contribution in [1.29, 1.82) is 0 Å². The Labute approximate surface area is 153 Å². The maximum atomic E-state index is 12.5. The summed E-state index contributed by atoms with van der Waals surface area (Å²) < 4.78 is 27.4. The molecule has 0 aromatic heterocycles. The molecule has 26 heavy (non-hydrogen) atoms. The number of nitrogens with zero attached hydrogens (tertiary/aromatic N) is 1. The molecule has 6 nitrogen and oxygen atoms in total. The number of nitrogens with one attached hydrogen (secondary N) is 1. The van der Waals surface area contributed by atoms with E-state index in [0.29, 0.717) is 16.8 Å². The zero-order valence-electron chi connectivity index (χ0n) is 14.6. The van der Waals surface area contributed by atoms with E-state index in [0.717, 1.165) is 25.9 Å². The van der Waals surface area contributed by atoms with Gasteiger partial charge in [0.15, 0.2) is 0 Å². The normalized spacial score (nSPS) is 15.7. The second-order valence-electron chi connectivity index (χ2n) is 6.43. The Hall–Kier alpha value is -2.38. The van der Waals surface area contributed by atoms with Gasteiger partial charge in [0.25, 0.3) is 15.9 Å². The monoisotopic (exact) mass is 374 g/mol. The molecule has 2 aromatic rings. The van der Waals surface area contributed by atoms with Gasteiger partial charge in [-0.2, -0.15) is 0 Å². The van der Waals surface area contributed by atoms with E-state index in [9.17, 15) is 18.3 Å². The molecule has 1 saturated heterocycles. The van der Waals surface area contributed by atoms with Crippen molar-refractivity contribution in [3.05, 3.63) is 59.7 Å². The third-order valence-electron chi connectivity index (χ3n) is 4.45. The van der Waals surface area contributed by atoms with Crippen molar-refractivity contribution in [3.63, 3.8) is 0 Å². The molecule has 2 aromatic carbocycles. The first-order chi connectivity index (χ1) is 12.4. The van der Waals surface area contributed by atoms with Crippen molar-refractivity contribution >= 4 is 21.6 Å². The van der Waals surface area contributed by atoms with Crippen LogP contribution in [0.5, 0.6) is 0 Å². The summed E-state index contributed by atoms with van der Waals surface area (Å²) in [6.07, 6.45) is 1.40. The number of likely N-dealkylation sites (tertiary alicyclic amines) is 1. The highest BCUT2D eigenvalue weighted by atomic mass is 32.2. The van der Waals surface area contributed by atoms with Crippen LogP contribution < -0.4 is 4.72 Å². The second-order valence-corrected chi connectivity index (χ2v) is 8.11. The van der Waals surface area contributed by atoms with Crippen LogP contribution in [0.25, 0.3) is 0 Å². The number of amides is 1. The topological polar surface area (TPSA) is 86.7 Å². The number of hydrogen-bond acceptors (Lipinski definition) is 4. The molecular formula is C19H22N2O4S. The number of carbonyl (C=O) groups excluding carboxylic acids is 1. The average Bonchev–Trinajstić information content (AvgIpc) is 3.16. The van der Waals surface area contributed by atoms with Crippen molar-refractivity contribution in [3.8, 4) is 0 Å². The van der Waals surface area contributed by atoms with Crippen molar-refractivity contribution in [2.75, 3.05) is 17.8 Å². The van der Waals surface area contributed by atoms with E-state index in [-0.39, 0.29) is 10.8 Å². The lowest BCUT2D eigenvalue weighted by Gasteiger charge is -2.15. The molecule has 0 spiro atoms. The van der Waals surface area contributed by atoms with E-state index in [4.69, 9.17) is 0 Å². The molecule has 138 valence electrons. The number of carbonyl (C=O) groups is 1. The molecule has 1 fully saturated rings. The number of rotatable bonds is 5. The molecule has 1 atom stereocenters. The third kappa shape index (κ3) is 4.05. The van der Waals surface area contributed by atoms with E-state index in [1.807, 2.05) is 4.90 Å². The maximum absolute atomic E-state index is 12.5. The van der Waals surface area contributed by atoms with Gasteiger partial charge >= 0.3 is 0 Å². The molecule has 1 aliphatic rings. The van der Waals surface area contributed by atoms with Crippen LogP contribution in [0.4, 0.5) is 5.69 Å². The fraction of sp³-hybridized carbons (Fsp3) is 0.316. The van der Waals surface area contributed by atoms with Gasteiger partial charge < -0.3 is 10.0 Å². The minimum atomic E-state index is -3.73. The lowest BCUT2D eigenvalue weighted by Crippen LogP contribution is -2.27. The fourth-order valence-corrected chi connectivity index (χ4v) is 3.98. The van der Waals surface area contributed by atoms with Crippen molar-refractivity contribution < 1.29 is 18.3 Å². The summed E-state index contributed by atoms with van der Waals surface area (Å²) in [5.41, 5.74) is 1.59. The minimum Gasteiger partial charge on any atom is -0.389 e. The molecule has 0 radical (unpaired) electrons. The van der Waals surface area contributed by atoms with Crippen LogP contribution in [0.1, 0.15) is 41.8 Å². The van der Waals surface area contributed by atoms with Gasteiger partial charge in [0.2, 0.25) is 0 Å². The number of aliphatic hydroxyl groups excluding tert-OH is 1. The summed E-state index contributed by atoms with van der Waals surface area (Å²) in [6, 6.07) is 12.5. The highest BCUT2D eigenvalue weighted by molar-refractivity contribution is 7.92. The molecule has 0 unspecified atom stereocenters.